The Bertz CT molecular complexity index is 270. The highest BCUT2D eigenvalue weighted by Gasteiger charge is 2.24. The molecule has 5 heteroatoms. The maximum Gasteiger partial charge on any atom is 0.236 e. The SMILES string of the molecule is CC(CN)N1CCN(CC(=O)N2CCCC2)CC1. The van der Waals surface area contributed by atoms with Crippen LogP contribution < -0.4 is 5.73 Å². The minimum Gasteiger partial charge on any atom is -0.342 e. The second-order valence-electron chi connectivity index (χ2n) is 5.48. The summed E-state index contributed by atoms with van der Waals surface area (Å²) in [5.74, 6) is 0.313. The molecule has 0 aromatic carbocycles. The van der Waals surface area contributed by atoms with Crippen molar-refractivity contribution >= 4 is 5.91 Å². The van der Waals surface area contributed by atoms with Gasteiger partial charge in [0.15, 0.2) is 0 Å². The molecule has 104 valence electrons. The van der Waals surface area contributed by atoms with Crippen LogP contribution in [0, 0.1) is 0 Å². The van der Waals surface area contributed by atoms with Crippen molar-refractivity contribution in [3.05, 3.63) is 0 Å². The monoisotopic (exact) mass is 254 g/mol. The minimum absolute atomic E-state index is 0.313. The van der Waals surface area contributed by atoms with Gasteiger partial charge in [-0.25, -0.2) is 0 Å². The molecule has 0 saturated carbocycles. The van der Waals surface area contributed by atoms with Crippen molar-refractivity contribution < 1.29 is 4.79 Å². The van der Waals surface area contributed by atoms with Crippen molar-refractivity contribution in [2.24, 2.45) is 5.73 Å². The molecule has 1 unspecified atom stereocenters. The molecule has 0 radical (unpaired) electrons. The van der Waals surface area contributed by atoms with Gasteiger partial charge in [0, 0.05) is 51.9 Å². The van der Waals surface area contributed by atoms with Gasteiger partial charge in [-0.3, -0.25) is 14.6 Å². The van der Waals surface area contributed by atoms with Gasteiger partial charge in [0.2, 0.25) is 5.91 Å². The van der Waals surface area contributed by atoms with Gasteiger partial charge in [-0.15, -0.1) is 0 Å². The highest BCUT2D eigenvalue weighted by atomic mass is 16.2. The molecule has 2 N–H and O–H groups in total. The van der Waals surface area contributed by atoms with Crippen LogP contribution in [0.15, 0.2) is 0 Å². The molecule has 2 aliphatic rings. The Hall–Kier alpha value is -0.650. The predicted octanol–water partition coefficient (Wildman–Crippen LogP) is -0.426. The lowest BCUT2D eigenvalue weighted by Crippen LogP contribution is -2.53. The van der Waals surface area contributed by atoms with E-state index in [9.17, 15) is 4.79 Å². The van der Waals surface area contributed by atoms with Crippen LogP contribution in [-0.4, -0.2) is 79.0 Å². The summed E-state index contributed by atoms with van der Waals surface area (Å²) in [7, 11) is 0. The van der Waals surface area contributed by atoms with Crippen LogP contribution in [0.1, 0.15) is 19.8 Å². The van der Waals surface area contributed by atoms with Crippen LogP contribution >= 0.6 is 0 Å². The van der Waals surface area contributed by atoms with Crippen LogP contribution in [0.4, 0.5) is 0 Å². The van der Waals surface area contributed by atoms with Crippen molar-refractivity contribution in [1.82, 2.24) is 14.7 Å². The molecule has 0 aromatic heterocycles. The Morgan fingerprint density at radius 2 is 1.72 bits per heavy atom. The number of amides is 1. The maximum atomic E-state index is 12.0. The van der Waals surface area contributed by atoms with E-state index in [4.69, 9.17) is 5.73 Å². The molecule has 2 fully saturated rings. The Balaban J connectivity index is 1.71. The molecule has 2 heterocycles. The summed E-state index contributed by atoms with van der Waals surface area (Å²) in [6.07, 6.45) is 2.35. The average molecular weight is 254 g/mol. The molecular weight excluding hydrogens is 228 g/mol. The number of rotatable bonds is 4. The van der Waals surface area contributed by atoms with Crippen molar-refractivity contribution in [2.45, 2.75) is 25.8 Å². The number of carbonyl (C=O) groups is 1. The van der Waals surface area contributed by atoms with Gasteiger partial charge in [-0.1, -0.05) is 0 Å². The first-order valence-electron chi connectivity index (χ1n) is 7.15. The number of nitrogens with two attached hydrogens (primary N) is 1. The summed E-state index contributed by atoms with van der Waals surface area (Å²) >= 11 is 0. The van der Waals surface area contributed by atoms with E-state index in [0.29, 0.717) is 25.0 Å². The predicted molar refractivity (Wildman–Crippen MR) is 72.3 cm³/mol. The average Bonchev–Trinajstić information content (AvgIpc) is 2.92. The van der Waals surface area contributed by atoms with Crippen molar-refractivity contribution in [3.8, 4) is 0 Å². The smallest absolute Gasteiger partial charge is 0.236 e. The number of hydrogen-bond donors (Lipinski definition) is 1. The summed E-state index contributed by atoms with van der Waals surface area (Å²) in [6.45, 7) is 9.46. The number of likely N-dealkylation sites (tertiary alicyclic amines) is 1. The first-order chi connectivity index (χ1) is 8.70. The molecule has 5 nitrogen and oxygen atoms in total. The topological polar surface area (TPSA) is 52.8 Å². The van der Waals surface area contributed by atoms with E-state index in [1.165, 1.54) is 12.8 Å². The summed E-state index contributed by atoms with van der Waals surface area (Å²) in [6, 6.07) is 0.460. The van der Waals surface area contributed by atoms with E-state index in [1.807, 2.05) is 4.90 Å². The summed E-state index contributed by atoms with van der Waals surface area (Å²) in [5.41, 5.74) is 5.68. The van der Waals surface area contributed by atoms with Crippen LogP contribution in [0.2, 0.25) is 0 Å². The lowest BCUT2D eigenvalue weighted by atomic mass is 10.2. The fraction of sp³-hybridized carbons (Fsp3) is 0.923. The highest BCUT2D eigenvalue weighted by Crippen LogP contribution is 2.10. The minimum atomic E-state index is 0.313. The zero-order valence-corrected chi connectivity index (χ0v) is 11.5. The number of carbonyl (C=O) groups excluding carboxylic acids is 1. The molecule has 1 amide bonds. The third-order valence-corrected chi connectivity index (χ3v) is 4.19. The van der Waals surface area contributed by atoms with Gasteiger partial charge in [0.05, 0.1) is 6.54 Å². The summed E-state index contributed by atoms with van der Waals surface area (Å²) in [4.78, 5) is 18.7. The summed E-state index contributed by atoms with van der Waals surface area (Å²) in [5, 5.41) is 0. The zero-order valence-electron chi connectivity index (χ0n) is 11.5. The molecule has 2 rings (SSSR count). The fourth-order valence-corrected chi connectivity index (χ4v) is 2.77. The Morgan fingerprint density at radius 3 is 2.28 bits per heavy atom. The normalized spacial score (nSPS) is 24.4. The van der Waals surface area contributed by atoms with Gasteiger partial charge in [0.25, 0.3) is 0 Å². The Morgan fingerprint density at radius 1 is 1.11 bits per heavy atom. The van der Waals surface area contributed by atoms with Gasteiger partial charge in [-0.05, 0) is 19.8 Å². The van der Waals surface area contributed by atoms with Crippen molar-refractivity contribution in [1.29, 1.82) is 0 Å². The molecule has 0 aliphatic carbocycles. The quantitative estimate of drug-likeness (QED) is 0.740. The largest absolute Gasteiger partial charge is 0.342 e. The van der Waals surface area contributed by atoms with Crippen LogP contribution in [0.5, 0.6) is 0 Å². The highest BCUT2D eigenvalue weighted by molar-refractivity contribution is 5.78. The Kier molecular flexibility index (Phi) is 4.97. The second-order valence-corrected chi connectivity index (χ2v) is 5.48. The van der Waals surface area contributed by atoms with E-state index < -0.39 is 0 Å². The van der Waals surface area contributed by atoms with E-state index in [1.54, 1.807) is 0 Å². The maximum absolute atomic E-state index is 12.0. The molecule has 0 spiro atoms. The van der Waals surface area contributed by atoms with E-state index in [2.05, 4.69) is 16.7 Å². The number of hydrogen-bond acceptors (Lipinski definition) is 4. The molecule has 1 atom stereocenters. The molecule has 0 aromatic rings. The molecule has 0 bridgehead atoms. The lowest BCUT2D eigenvalue weighted by molar-refractivity contribution is -0.131. The van der Waals surface area contributed by atoms with Gasteiger partial charge >= 0.3 is 0 Å². The van der Waals surface area contributed by atoms with Crippen LogP contribution in [-0.2, 0) is 4.79 Å². The second kappa shape index (κ2) is 6.50. The van der Waals surface area contributed by atoms with Crippen LogP contribution in [0.3, 0.4) is 0 Å². The van der Waals surface area contributed by atoms with E-state index in [-0.39, 0.29) is 0 Å². The fourth-order valence-electron chi connectivity index (χ4n) is 2.77. The first-order valence-corrected chi connectivity index (χ1v) is 7.15. The zero-order chi connectivity index (χ0) is 13.0. The van der Waals surface area contributed by atoms with Crippen molar-refractivity contribution in [3.63, 3.8) is 0 Å². The lowest BCUT2D eigenvalue weighted by Gasteiger charge is -2.37. The van der Waals surface area contributed by atoms with Gasteiger partial charge < -0.3 is 10.6 Å². The van der Waals surface area contributed by atoms with Crippen LogP contribution in [0.25, 0.3) is 0 Å². The summed E-state index contributed by atoms with van der Waals surface area (Å²) < 4.78 is 0. The van der Waals surface area contributed by atoms with E-state index in [0.717, 1.165) is 39.3 Å². The molecule has 2 saturated heterocycles. The van der Waals surface area contributed by atoms with E-state index >= 15 is 0 Å². The van der Waals surface area contributed by atoms with Gasteiger partial charge in [0.1, 0.15) is 0 Å². The van der Waals surface area contributed by atoms with Crippen molar-refractivity contribution in [2.75, 3.05) is 52.4 Å². The third-order valence-electron chi connectivity index (χ3n) is 4.19. The molecule has 2 aliphatic heterocycles. The molecule has 18 heavy (non-hydrogen) atoms. The third kappa shape index (κ3) is 3.43. The first kappa shape index (κ1) is 13.8. The molecular formula is C13H26N4O. The standard InChI is InChI=1S/C13H26N4O/c1-12(10-14)16-8-6-15(7-9-16)11-13(18)17-4-2-3-5-17/h12H,2-11,14H2,1H3. The van der Waals surface area contributed by atoms with Gasteiger partial charge in [-0.2, -0.15) is 0 Å². The number of nitrogens with zero attached hydrogens (tertiary/aromatic N) is 3. The Labute approximate surface area is 110 Å². The number of piperazine rings is 1.